The number of hydrogen-bond donors (Lipinski definition) is 0. The molecule has 2 nitrogen and oxygen atoms in total. The van der Waals surface area contributed by atoms with Crippen molar-refractivity contribution in [1.29, 1.82) is 0 Å². The molecule has 0 N–H and O–H groups in total. The van der Waals surface area contributed by atoms with Gasteiger partial charge in [0.1, 0.15) is 5.58 Å². The Morgan fingerprint density at radius 3 is 1.53 bits per heavy atom. The third-order valence-corrected chi connectivity index (χ3v) is 13.8. The standard InChI is InChI=1S/C57H37NO/c1-56(45-25-10-5-19-38(45)39-20-6-11-26-46(39)56)36-33-34-42-43-24-15-32-52(55(43)59-53(42)35-36)58(37-17-3-2-4-18-37)51-31-16-30-50-54(51)44-23-9-14-29-49(44)57(50)47-27-12-7-21-40(47)41-22-8-13-28-48(41)57/h2-35H,1H3. The molecule has 13 rings (SSSR count). The van der Waals surface area contributed by atoms with Crippen LogP contribution >= 0.6 is 0 Å². The van der Waals surface area contributed by atoms with Crippen LogP contribution in [0.5, 0.6) is 0 Å². The lowest BCUT2D eigenvalue weighted by Gasteiger charge is -2.31. The summed E-state index contributed by atoms with van der Waals surface area (Å²) in [7, 11) is 0. The van der Waals surface area contributed by atoms with E-state index in [0.29, 0.717) is 0 Å². The molecular weight excluding hydrogens is 715 g/mol. The van der Waals surface area contributed by atoms with E-state index in [1.165, 1.54) is 72.3 Å². The fraction of sp³-hybridized carbons (Fsp3) is 0.0526. The first-order valence-electron chi connectivity index (χ1n) is 20.6. The van der Waals surface area contributed by atoms with Gasteiger partial charge in [-0.05, 0) is 104 Å². The molecule has 2 heteroatoms. The first-order valence-corrected chi connectivity index (χ1v) is 20.6. The maximum atomic E-state index is 7.16. The van der Waals surface area contributed by atoms with Crippen LogP contribution in [-0.2, 0) is 10.8 Å². The van der Waals surface area contributed by atoms with Crippen LogP contribution in [0.1, 0.15) is 45.9 Å². The molecule has 3 aliphatic rings. The molecule has 9 aromatic carbocycles. The Balaban J connectivity index is 1.05. The van der Waals surface area contributed by atoms with Crippen molar-refractivity contribution in [3.05, 3.63) is 245 Å². The molecule has 1 spiro atoms. The van der Waals surface area contributed by atoms with Gasteiger partial charge in [-0.1, -0.05) is 176 Å². The van der Waals surface area contributed by atoms with Gasteiger partial charge in [0, 0.05) is 27.4 Å². The highest BCUT2D eigenvalue weighted by Crippen LogP contribution is 2.65. The minimum atomic E-state index is -0.438. The molecule has 0 radical (unpaired) electrons. The summed E-state index contributed by atoms with van der Waals surface area (Å²) in [6.45, 7) is 2.37. The van der Waals surface area contributed by atoms with Gasteiger partial charge in [0.05, 0.1) is 16.8 Å². The molecule has 0 saturated heterocycles. The van der Waals surface area contributed by atoms with E-state index in [4.69, 9.17) is 4.42 Å². The zero-order valence-corrected chi connectivity index (χ0v) is 32.5. The van der Waals surface area contributed by atoms with Gasteiger partial charge in [-0.15, -0.1) is 0 Å². The van der Waals surface area contributed by atoms with Gasteiger partial charge >= 0.3 is 0 Å². The SMILES string of the molecule is CC1(c2ccc3c(c2)oc2c(N(c4ccccc4)c4cccc5c4-c4ccccc4C54c5ccccc5-c5ccccc54)cccc23)c2ccccc2-c2ccccc21. The Bertz CT molecular complexity index is 3280. The van der Waals surface area contributed by atoms with Gasteiger partial charge in [-0.2, -0.15) is 0 Å². The van der Waals surface area contributed by atoms with E-state index in [9.17, 15) is 0 Å². The number of anilines is 3. The van der Waals surface area contributed by atoms with Crippen LogP contribution in [0.2, 0.25) is 0 Å². The summed E-state index contributed by atoms with van der Waals surface area (Å²) in [4.78, 5) is 2.43. The van der Waals surface area contributed by atoms with Crippen molar-refractivity contribution in [3.63, 3.8) is 0 Å². The van der Waals surface area contributed by atoms with Crippen molar-refractivity contribution < 1.29 is 4.42 Å². The lowest BCUT2D eigenvalue weighted by Crippen LogP contribution is -2.26. The number of benzene rings is 9. The average Bonchev–Trinajstić information content (AvgIpc) is 4.00. The van der Waals surface area contributed by atoms with E-state index in [-0.39, 0.29) is 5.41 Å². The van der Waals surface area contributed by atoms with Crippen LogP contribution in [0.25, 0.3) is 55.3 Å². The Morgan fingerprint density at radius 2 is 0.881 bits per heavy atom. The summed E-state index contributed by atoms with van der Waals surface area (Å²) < 4.78 is 7.16. The second-order valence-corrected chi connectivity index (χ2v) is 16.4. The third-order valence-electron chi connectivity index (χ3n) is 13.8. The highest BCUT2D eigenvalue weighted by molar-refractivity contribution is 6.12. The Labute approximate surface area is 343 Å². The molecule has 276 valence electrons. The molecule has 0 unspecified atom stereocenters. The average molecular weight is 752 g/mol. The lowest BCUT2D eigenvalue weighted by atomic mass is 9.70. The minimum absolute atomic E-state index is 0.315. The van der Waals surface area contributed by atoms with Crippen molar-refractivity contribution >= 4 is 39.0 Å². The number of hydrogen-bond acceptors (Lipinski definition) is 2. The first-order chi connectivity index (χ1) is 29.2. The number of fused-ring (bicyclic) bond motifs is 16. The smallest absolute Gasteiger partial charge is 0.159 e. The van der Waals surface area contributed by atoms with Gasteiger partial charge in [0.15, 0.2) is 5.58 Å². The number of rotatable bonds is 4. The molecule has 10 aromatic rings. The normalized spacial score (nSPS) is 14.5. The predicted octanol–water partition coefficient (Wildman–Crippen LogP) is 14.7. The van der Waals surface area contributed by atoms with Crippen molar-refractivity contribution in [2.75, 3.05) is 4.90 Å². The molecule has 59 heavy (non-hydrogen) atoms. The van der Waals surface area contributed by atoms with E-state index < -0.39 is 5.41 Å². The van der Waals surface area contributed by atoms with E-state index in [1.807, 2.05) is 0 Å². The van der Waals surface area contributed by atoms with Crippen LogP contribution in [0.4, 0.5) is 17.1 Å². The van der Waals surface area contributed by atoms with E-state index in [0.717, 1.165) is 39.0 Å². The van der Waals surface area contributed by atoms with Gasteiger partial charge < -0.3 is 9.32 Å². The molecule has 0 amide bonds. The molecule has 0 fully saturated rings. The van der Waals surface area contributed by atoms with Crippen LogP contribution in [-0.4, -0.2) is 0 Å². The summed E-state index contributed by atoms with van der Waals surface area (Å²) in [5.41, 5.74) is 21.1. The zero-order chi connectivity index (χ0) is 38.9. The maximum absolute atomic E-state index is 7.16. The largest absolute Gasteiger partial charge is 0.454 e. The fourth-order valence-corrected chi connectivity index (χ4v) is 11.3. The second-order valence-electron chi connectivity index (χ2n) is 16.4. The van der Waals surface area contributed by atoms with Crippen molar-refractivity contribution in [3.8, 4) is 33.4 Å². The molecule has 0 bridgehead atoms. The summed E-state index contributed by atoms with van der Waals surface area (Å²) in [6, 6.07) is 76.0. The summed E-state index contributed by atoms with van der Waals surface area (Å²) >= 11 is 0. The van der Waals surface area contributed by atoms with Crippen molar-refractivity contribution in [1.82, 2.24) is 0 Å². The Kier molecular flexibility index (Phi) is 6.54. The topological polar surface area (TPSA) is 16.4 Å². The van der Waals surface area contributed by atoms with E-state index in [2.05, 4.69) is 218 Å². The van der Waals surface area contributed by atoms with Gasteiger partial charge in [-0.25, -0.2) is 0 Å². The second kappa shape index (κ2) is 11.8. The quantitative estimate of drug-likeness (QED) is 0.178. The van der Waals surface area contributed by atoms with Crippen LogP contribution in [0, 0.1) is 0 Å². The van der Waals surface area contributed by atoms with E-state index in [1.54, 1.807) is 0 Å². The number of para-hydroxylation sites is 2. The Hall–Kier alpha value is -7.42. The van der Waals surface area contributed by atoms with Gasteiger partial charge in [0.2, 0.25) is 0 Å². The van der Waals surface area contributed by atoms with Crippen molar-refractivity contribution in [2.45, 2.75) is 17.8 Å². The maximum Gasteiger partial charge on any atom is 0.159 e. The molecule has 3 aliphatic carbocycles. The molecule has 0 aliphatic heterocycles. The monoisotopic (exact) mass is 751 g/mol. The van der Waals surface area contributed by atoms with Gasteiger partial charge in [0.25, 0.3) is 0 Å². The molecular formula is C57H37NO. The van der Waals surface area contributed by atoms with Crippen molar-refractivity contribution in [2.24, 2.45) is 0 Å². The molecule has 0 saturated carbocycles. The Morgan fingerprint density at radius 1 is 0.390 bits per heavy atom. The molecule has 1 aromatic heterocycles. The zero-order valence-electron chi connectivity index (χ0n) is 32.5. The third kappa shape index (κ3) is 4.10. The number of furan rings is 1. The molecule has 1 heterocycles. The highest BCUT2D eigenvalue weighted by Gasteiger charge is 2.52. The van der Waals surface area contributed by atoms with Crippen LogP contribution in [0.3, 0.4) is 0 Å². The fourth-order valence-electron chi connectivity index (χ4n) is 11.3. The van der Waals surface area contributed by atoms with E-state index >= 15 is 0 Å². The lowest BCUT2D eigenvalue weighted by molar-refractivity contribution is 0.662. The number of nitrogens with zero attached hydrogens (tertiary/aromatic N) is 1. The van der Waals surface area contributed by atoms with Crippen LogP contribution in [0.15, 0.2) is 211 Å². The summed E-state index contributed by atoms with van der Waals surface area (Å²) in [5, 5.41) is 2.22. The minimum Gasteiger partial charge on any atom is -0.454 e. The van der Waals surface area contributed by atoms with Crippen LogP contribution < -0.4 is 4.90 Å². The predicted molar refractivity (Wildman–Crippen MR) is 242 cm³/mol. The molecule has 0 atom stereocenters. The summed E-state index contributed by atoms with van der Waals surface area (Å²) in [6.07, 6.45) is 0. The first kappa shape index (κ1) is 32.6. The van der Waals surface area contributed by atoms with Gasteiger partial charge in [-0.3, -0.25) is 0 Å². The summed E-state index contributed by atoms with van der Waals surface area (Å²) in [5.74, 6) is 0. The highest BCUT2D eigenvalue weighted by atomic mass is 16.3.